The Morgan fingerprint density at radius 2 is 1.94 bits per heavy atom. The van der Waals surface area contributed by atoms with E-state index in [0.717, 1.165) is 10.9 Å². The number of aryl methyl sites for hydroxylation is 1. The lowest BCUT2D eigenvalue weighted by atomic mass is 9.99. The fourth-order valence-corrected chi connectivity index (χ4v) is 5.97. The Labute approximate surface area is 187 Å². The zero-order valence-corrected chi connectivity index (χ0v) is 19.2. The summed E-state index contributed by atoms with van der Waals surface area (Å²) in [7, 11) is -17.2. The second kappa shape index (κ2) is 8.95. The average Bonchev–Trinajstić information content (AvgIpc) is 3.18. The molecule has 1 aliphatic rings. The number of alkyl halides is 1. The molecule has 0 bridgehead atoms. The van der Waals surface area contributed by atoms with Crippen molar-refractivity contribution < 1.29 is 60.6 Å². The lowest BCUT2D eigenvalue weighted by Crippen LogP contribution is -2.44. The minimum absolute atomic E-state index is 0.118. The van der Waals surface area contributed by atoms with Crippen LogP contribution in [0.1, 0.15) is 12.1 Å². The molecule has 6 atom stereocenters. The molecule has 2 aromatic rings. The normalized spacial score (nSPS) is 28.9. The number of rotatable bonds is 8. The molecular weight excluding hydrogens is 534 g/mol. The zero-order chi connectivity index (χ0) is 25.7. The highest BCUT2D eigenvalue weighted by Gasteiger charge is 2.58. The Morgan fingerprint density at radius 3 is 2.53 bits per heavy atom. The number of nitrogens with zero attached hydrogens (tertiary/aromatic N) is 4. The monoisotopic (exact) mass is 549 g/mol. The number of aliphatic hydroxyl groups excluding tert-OH is 1. The molecule has 34 heavy (non-hydrogen) atoms. The summed E-state index contributed by atoms with van der Waals surface area (Å²) in [6.07, 6.45) is -5.64. The quantitative estimate of drug-likeness (QED) is 0.221. The molecule has 3 heterocycles. The van der Waals surface area contributed by atoms with Crippen LogP contribution in [0.2, 0.25) is 0 Å². The van der Waals surface area contributed by atoms with E-state index in [2.05, 4.69) is 28.1 Å². The number of fused-ring (bicyclic) bond motifs is 1. The van der Waals surface area contributed by atoms with Crippen molar-refractivity contribution in [2.45, 2.75) is 31.0 Å². The summed E-state index contributed by atoms with van der Waals surface area (Å²) in [6, 6.07) is 1.36. The Balaban J connectivity index is 1.84. The first-order chi connectivity index (χ1) is 15.5. The molecule has 22 heteroatoms. The van der Waals surface area contributed by atoms with Gasteiger partial charge in [0.25, 0.3) is 5.56 Å². The van der Waals surface area contributed by atoms with Gasteiger partial charge in [0.2, 0.25) is 5.60 Å². The second-order valence-corrected chi connectivity index (χ2v) is 11.2. The van der Waals surface area contributed by atoms with Crippen molar-refractivity contribution in [1.82, 2.24) is 19.5 Å². The van der Waals surface area contributed by atoms with Gasteiger partial charge in [-0.15, -0.1) is 0 Å². The van der Waals surface area contributed by atoms with Gasteiger partial charge >= 0.3 is 23.5 Å². The number of hydrogen-bond donors (Lipinski definition) is 6. The number of aliphatic hydroxyl groups is 1. The fraction of sp³-hybridized carbons (Fsp3) is 0.500. The summed E-state index contributed by atoms with van der Waals surface area (Å²) in [5.41, 5.74) is -3.78. The molecule has 0 spiro atoms. The molecule has 0 radical (unpaired) electrons. The van der Waals surface area contributed by atoms with Crippen molar-refractivity contribution in [3.63, 3.8) is 0 Å². The number of ether oxygens (including phenoxy) is 1. The number of imidazole rings is 1. The molecule has 0 amide bonds. The number of nitrogens with one attached hydrogen (secondary N) is 1. The predicted octanol–water partition coefficient (Wildman–Crippen LogP) is -0.739. The van der Waals surface area contributed by atoms with E-state index in [1.165, 1.54) is 13.0 Å². The molecule has 3 rings (SSSR count). The van der Waals surface area contributed by atoms with Gasteiger partial charge in [-0.25, -0.2) is 28.1 Å². The summed E-state index contributed by atoms with van der Waals surface area (Å²) in [5.74, 6) is 0.118. The molecule has 1 aliphatic heterocycles. The Bertz CT molecular complexity index is 1350. The van der Waals surface area contributed by atoms with Crippen molar-refractivity contribution in [3.8, 4) is 6.07 Å². The maximum atomic E-state index is 14.9. The third-order valence-electron chi connectivity index (χ3n) is 4.26. The van der Waals surface area contributed by atoms with E-state index in [0.29, 0.717) is 0 Å². The van der Waals surface area contributed by atoms with E-state index in [1.807, 2.05) is 0 Å². The zero-order valence-electron chi connectivity index (χ0n) is 16.5. The Hall–Kier alpha value is -1.90. The second-order valence-electron chi connectivity index (χ2n) is 6.74. The van der Waals surface area contributed by atoms with Crippen LogP contribution in [0.3, 0.4) is 0 Å². The van der Waals surface area contributed by atoms with Crippen molar-refractivity contribution in [3.05, 3.63) is 22.5 Å². The maximum absolute atomic E-state index is 14.9. The molecule has 0 aliphatic carbocycles. The van der Waals surface area contributed by atoms with Crippen LogP contribution in [-0.2, 0) is 31.6 Å². The lowest BCUT2D eigenvalue weighted by molar-refractivity contribution is -0.0895. The first-order valence-corrected chi connectivity index (χ1v) is 13.1. The van der Waals surface area contributed by atoms with Gasteiger partial charge in [0.05, 0.1) is 6.33 Å². The van der Waals surface area contributed by atoms with E-state index in [-0.39, 0.29) is 17.0 Å². The van der Waals surface area contributed by atoms with Gasteiger partial charge < -0.3 is 34.4 Å². The van der Waals surface area contributed by atoms with Crippen LogP contribution in [0.4, 0.5) is 4.39 Å². The molecule has 0 aromatic carbocycles. The fourth-order valence-electron chi connectivity index (χ4n) is 2.92. The summed E-state index contributed by atoms with van der Waals surface area (Å²) in [4.78, 5) is 57.8. The minimum atomic E-state index is -5.86. The molecular formula is C12H15FN5O13P3. The number of phosphoric acid groups is 3. The number of nitriles is 1. The smallest absolute Gasteiger partial charge is 0.386 e. The van der Waals surface area contributed by atoms with Crippen molar-refractivity contribution in [1.29, 1.82) is 5.26 Å². The third-order valence-corrected chi connectivity index (χ3v) is 8.04. The summed E-state index contributed by atoms with van der Waals surface area (Å²) < 4.78 is 66.4. The standard InChI is InChI=1S/C12H15FN5O13P3/c1-5-16-9-7(10(20)17-5)15-4-18(9)11-6(13)8(19)12(2-14,29-11)3-28-33(24,25)31-34(26,27)30-32(21,22)23/h4,6,8,11,19H,3H2,1H3,(H,24,25)(H,26,27)(H,16,17,20)(H2,21,22,23)/t6-,8+,11-,12-/m1/s1. The van der Waals surface area contributed by atoms with Crippen LogP contribution < -0.4 is 5.56 Å². The maximum Gasteiger partial charge on any atom is 0.490 e. The van der Waals surface area contributed by atoms with Crippen molar-refractivity contribution in [2.24, 2.45) is 0 Å². The van der Waals surface area contributed by atoms with Crippen molar-refractivity contribution in [2.75, 3.05) is 6.61 Å². The molecule has 1 fully saturated rings. The van der Waals surface area contributed by atoms with Gasteiger partial charge in [-0.2, -0.15) is 13.9 Å². The lowest BCUT2D eigenvalue weighted by Gasteiger charge is -2.25. The van der Waals surface area contributed by atoms with Crippen LogP contribution in [0.15, 0.2) is 11.1 Å². The Morgan fingerprint density at radius 1 is 1.29 bits per heavy atom. The van der Waals surface area contributed by atoms with E-state index in [4.69, 9.17) is 19.4 Å². The highest BCUT2D eigenvalue weighted by Crippen LogP contribution is 2.66. The first-order valence-electron chi connectivity index (χ1n) is 8.62. The molecule has 1 saturated heterocycles. The molecule has 6 N–H and O–H groups in total. The van der Waals surface area contributed by atoms with Gasteiger partial charge in [0.15, 0.2) is 23.6 Å². The molecule has 2 aromatic heterocycles. The predicted molar refractivity (Wildman–Crippen MR) is 102 cm³/mol. The van der Waals surface area contributed by atoms with Crippen molar-refractivity contribution >= 4 is 34.6 Å². The van der Waals surface area contributed by atoms with Crippen LogP contribution in [0.25, 0.3) is 11.2 Å². The topological polar surface area (TPSA) is 277 Å². The van der Waals surface area contributed by atoms with E-state index >= 15 is 0 Å². The SMILES string of the molecule is Cc1nc2c(ncn2[C@@H]2O[C@](C#N)(COP(=O)(O)OP(=O)(O)OP(=O)(O)O)[C@@H](O)[C@H]2F)c(=O)[nH]1. The van der Waals surface area contributed by atoms with E-state index < -0.39 is 59.7 Å². The van der Waals surface area contributed by atoms with Gasteiger partial charge in [-0.1, -0.05) is 0 Å². The molecule has 2 unspecified atom stereocenters. The molecule has 18 nitrogen and oxygen atoms in total. The molecule has 0 saturated carbocycles. The van der Waals surface area contributed by atoms with Gasteiger partial charge in [-0.3, -0.25) is 13.9 Å². The molecule has 188 valence electrons. The number of hydrogen-bond acceptors (Lipinski definition) is 12. The summed E-state index contributed by atoms with van der Waals surface area (Å²) in [6.45, 7) is -0.0252. The van der Waals surface area contributed by atoms with Gasteiger partial charge in [-0.05, 0) is 6.92 Å². The highest BCUT2D eigenvalue weighted by molar-refractivity contribution is 7.66. The van der Waals surface area contributed by atoms with E-state index in [9.17, 15) is 38.1 Å². The van der Waals surface area contributed by atoms with Gasteiger partial charge in [0, 0.05) is 0 Å². The number of H-pyrrole nitrogens is 1. The van der Waals surface area contributed by atoms with E-state index in [1.54, 1.807) is 0 Å². The number of aromatic nitrogens is 4. The third kappa shape index (κ3) is 5.50. The van der Waals surface area contributed by atoms with Gasteiger partial charge in [0.1, 0.15) is 24.6 Å². The first kappa shape index (κ1) is 26.7. The number of halogens is 1. The van der Waals surface area contributed by atoms with Crippen LogP contribution in [0, 0.1) is 18.3 Å². The van der Waals surface area contributed by atoms with Crippen LogP contribution in [-0.4, -0.2) is 68.7 Å². The number of aromatic amines is 1. The summed E-state index contributed by atoms with van der Waals surface area (Å²) >= 11 is 0. The summed E-state index contributed by atoms with van der Waals surface area (Å²) in [5, 5.41) is 19.8. The largest absolute Gasteiger partial charge is 0.490 e. The highest BCUT2D eigenvalue weighted by atomic mass is 31.3. The Kier molecular flexibility index (Phi) is 7.03. The number of phosphoric ester groups is 1. The van der Waals surface area contributed by atoms with Crippen LogP contribution in [0.5, 0.6) is 0 Å². The average molecular weight is 549 g/mol. The minimum Gasteiger partial charge on any atom is -0.386 e. The van der Waals surface area contributed by atoms with Crippen LogP contribution >= 0.6 is 23.5 Å².